The molecule has 10 heteroatoms. The molecule has 176 valence electrons. The third kappa shape index (κ3) is 6.45. The Hall–Kier alpha value is -2.11. The zero-order chi connectivity index (χ0) is 24.1. The third-order valence-electron chi connectivity index (χ3n) is 5.49. The molecule has 32 heavy (non-hydrogen) atoms. The van der Waals surface area contributed by atoms with E-state index in [1.165, 1.54) is 12.5 Å². The first-order valence-corrected chi connectivity index (χ1v) is 13.9. The van der Waals surface area contributed by atoms with Crippen LogP contribution in [0, 0.1) is 0 Å². The summed E-state index contributed by atoms with van der Waals surface area (Å²) in [5, 5.41) is 22.9. The van der Waals surface area contributed by atoms with Gasteiger partial charge in [0.1, 0.15) is 23.8 Å². The number of thiazole rings is 1. The molecule has 1 aromatic carbocycles. The SMILES string of the molecule is COC(=O)c1csc([C@H](O)[C@H](O)[C@H](O[Si](C)(C)C(C)(C)C)C(=O)OCc2ccccc2)n1. The lowest BCUT2D eigenvalue weighted by atomic mass is 10.1. The molecule has 0 aliphatic rings. The Morgan fingerprint density at radius 3 is 2.34 bits per heavy atom. The van der Waals surface area contributed by atoms with E-state index in [9.17, 15) is 19.8 Å². The van der Waals surface area contributed by atoms with Crippen molar-refractivity contribution in [3.8, 4) is 0 Å². The minimum absolute atomic E-state index is 0.00356. The molecule has 1 aromatic heterocycles. The van der Waals surface area contributed by atoms with Gasteiger partial charge < -0.3 is 24.1 Å². The van der Waals surface area contributed by atoms with Gasteiger partial charge in [-0.05, 0) is 23.7 Å². The first-order valence-electron chi connectivity index (χ1n) is 10.2. The fraction of sp³-hybridized carbons (Fsp3) is 0.500. The number of nitrogens with zero attached hydrogens (tertiary/aromatic N) is 1. The molecule has 0 bridgehead atoms. The normalized spacial score (nSPS) is 15.0. The number of carbonyl (C=O) groups excluding carboxylic acids is 2. The molecule has 0 aliphatic carbocycles. The molecular formula is C22H31NO7SSi. The zero-order valence-corrected chi connectivity index (χ0v) is 21.0. The smallest absolute Gasteiger partial charge is 0.357 e. The molecule has 0 radical (unpaired) electrons. The third-order valence-corrected chi connectivity index (χ3v) is 10.9. The van der Waals surface area contributed by atoms with Crippen molar-refractivity contribution in [2.24, 2.45) is 0 Å². The van der Waals surface area contributed by atoms with Crippen LogP contribution in [-0.4, -0.2) is 54.8 Å². The molecule has 1 heterocycles. The van der Waals surface area contributed by atoms with Gasteiger partial charge in [-0.3, -0.25) is 0 Å². The van der Waals surface area contributed by atoms with E-state index in [1.807, 2.05) is 64.2 Å². The minimum Gasteiger partial charge on any atom is -0.464 e. The Morgan fingerprint density at radius 1 is 1.16 bits per heavy atom. The van der Waals surface area contributed by atoms with Crippen molar-refractivity contribution in [1.82, 2.24) is 4.98 Å². The number of esters is 2. The average molecular weight is 482 g/mol. The maximum absolute atomic E-state index is 13.0. The number of rotatable bonds is 9. The maximum atomic E-state index is 13.0. The van der Waals surface area contributed by atoms with Crippen LogP contribution in [0.2, 0.25) is 18.1 Å². The number of aromatic nitrogens is 1. The lowest BCUT2D eigenvalue weighted by molar-refractivity contribution is -0.164. The minimum atomic E-state index is -2.53. The zero-order valence-electron chi connectivity index (χ0n) is 19.2. The molecule has 3 atom stereocenters. The van der Waals surface area contributed by atoms with Crippen molar-refractivity contribution >= 4 is 31.6 Å². The van der Waals surface area contributed by atoms with Crippen LogP contribution in [0.1, 0.15) is 47.9 Å². The Labute approximate surface area is 193 Å². The Balaban J connectivity index is 2.26. The lowest BCUT2D eigenvalue weighted by Gasteiger charge is -2.40. The summed E-state index contributed by atoms with van der Waals surface area (Å²) >= 11 is 0.974. The standard InChI is InChI=1S/C22H31NO7SSi/c1-22(2,3)32(5,6)30-18(21(27)29-12-14-10-8-7-9-11-14)16(24)17(25)19-23-15(13-31-19)20(26)28-4/h7-11,13,16-18,24-25H,12H2,1-6H3/t16-,17+,18-/m0/s1. The van der Waals surface area contributed by atoms with Crippen molar-refractivity contribution in [1.29, 1.82) is 0 Å². The predicted octanol–water partition coefficient (Wildman–Crippen LogP) is 3.46. The van der Waals surface area contributed by atoms with Gasteiger partial charge in [0.25, 0.3) is 0 Å². The molecule has 2 N–H and O–H groups in total. The largest absolute Gasteiger partial charge is 0.464 e. The summed E-state index contributed by atoms with van der Waals surface area (Å²) in [6.07, 6.45) is -4.64. The molecule has 0 saturated carbocycles. The number of carbonyl (C=O) groups is 2. The average Bonchev–Trinajstić information content (AvgIpc) is 3.24. The summed E-state index contributed by atoms with van der Waals surface area (Å²) in [5.41, 5.74) is 0.789. The van der Waals surface area contributed by atoms with Gasteiger partial charge in [0.15, 0.2) is 20.1 Å². The van der Waals surface area contributed by atoms with Crippen LogP contribution in [-0.2, 0) is 25.3 Å². The van der Waals surface area contributed by atoms with Crippen molar-refractivity contribution in [3.63, 3.8) is 0 Å². The van der Waals surface area contributed by atoms with Crippen LogP contribution in [0.5, 0.6) is 0 Å². The van der Waals surface area contributed by atoms with Gasteiger partial charge in [-0.25, -0.2) is 14.6 Å². The van der Waals surface area contributed by atoms with Gasteiger partial charge in [0.2, 0.25) is 0 Å². The van der Waals surface area contributed by atoms with E-state index >= 15 is 0 Å². The monoisotopic (exact) mass is 481 g/mol. The summed E-state index contributed by atoms with van der Waals surface area (Å²) in [6, 6.07) is 9.13. The van der Waals surface area contributed by atoms with Crippen LogP contribution >= 0.6 is 11.3 Å². The number of aliphatic hydroxyl groups is 2. The fourth-order valence-corrected chi connectivity index (χ4v) is 4.53. The summed E-state index contributed by atoms with van der Waals surface area (Å²) < 4.78 is 16.2. The van der Waals surface area contributed by atoms with Crippen LogP contribution < -0.4 is 0 Å². The first-order chi connectivity index (χ1) is 14.9. The topological polar surface area (TPSA) is 115 Å². The van der Waals surface area contributed by atoms with Gasteiger partial charge in [-0.15, -0.1) is 11.3 Å². The van der Waals surface area contributed by atoms with E-state index in [2.05, 4.69) is 9.72 Å². The van der Waals surface area contributed by atoms with E-state index < -0.39 is 38.6 Å². The van der Waals surface area contributed by atoms with E-state index in [4.69, 9.17) is 9.16 Å². The first kappa shape index (κ1) is 26.1. The van der Waals surface area contributed by atoms with Crippen molar-refractivity contribution in [3.05, 3.63) is 52.0 Å². The second-order valence-electron chi connectivity index (χ2n) is 8.89. The molecule has 8 nitrogen and oxygen atoms in total. The van der Waals surface area contributed by atoms with E-state index in [0.717, 1.165) is 16.9 Å². The molecule has 2 aromatic rings. The second kappa shape index (κ2) is 10.7. The van der Waals surface area contributed by atoms with Gasteiger partial charge in [-0.2, -0.15) is 0 Å². The molecule has 0 saturated heterocycles. The highest BCUT2D eigenvalue weighted by atomic mass is 32.1. The number of hydrogen-bond acceptors (Lipinski definition) is 9. The second-order valence-corrected chi connectivity index (χ2v) is 14.5. The van der Waals surface area contributed by atoms with E-state index in [1.54, 1.807) is 0 Å². The Bertz CT molecular complexity index is 911. The molecule has 0 fully saturated rings. The van der Waals surface area contributed by atoms with Crippen LogP contribution in [0.3, 0.4) is 0 Å². The number of aliphatic hydroxyl groups excluding tert-OH is 2. The molecule has 0 aliphatic heterocycles. The van der Waals surface area contributed by atoms with Gasteiger partial charge in [-0.1, -0.05) is 51.1 Å². The number of benzene rings is 1. The van der Waals surface area contributed by atoms with E-state index in [-0.39, 0.29) is 22.3 Å². The van der Waals surface area contributed by atoms with Crippen LogP contribution in [0.25, 0.3) is 0 Å². The highest BCUT2D eigenvalue weighted by Gasteiger charge is 2.45. The van der Waals surface area contributed by atoms with Crippen molar-refractivity contribution < 1.29 is 33.7 Å². The maximum Gasteiger partial charge on any atom is 0.357 e. The highest BCUT2D eigenvalue weighted by molar-refractivity contribution is 7.09. The molecular weight excluding hydrogens is 450 g/mol. The van der Waals surface area contributed by atoms with E-state index in [0.29, 0.717) is 0 Å². The number of hydrogen-bond donors (Lipinski definition) is 2. The molecule has 0 spiro atoms. The van der Waals surface area contributed by atoms with Crippen molar-refractivity contribution in [2.75, 3.05) is 7.11 Å². The Morgan fingerprint density at radius 2 is 1.78 bits per heavy atom. The van der Waals surface area contributed by atoms with Gasteiger partial charge >= 0.3 is 11.9 Å². The predicted molar refractivity (Wildman–Crippen MR) is 123 cm³/mol. The van der Waals surface area contributed by atoms with Crippen molar-refractivity contribution in [2.45, 2.75) is 63.8 Å². The summed E-state index contributed by atoms with van der Waals surface area (Å²) in [6.45, 7) is 9.86. The number of methoxy groups -OCH3 is 1. The van der Waals surface area contributed by atoms with Crippen LogP contribution in [0.15, 0.2) is 35.7 Å². The quantitative estimate of drug-likeness (QED) is 0.413. The Kier molecular flexibility index (Phi) is 8.72. The van der Waals surface area contributed by atoms with Crippen LogP contribution in [0.4, 0.5) is 0 Å². The summed E-state index contributed by atoms with van der Waals surface area (Å²) in [7, 11) is -1.31. The fourth-order valence-electron chi connectivity index (χ4n) is 2.50. The van der Waals surface area contributed by atoms with Gasteiger partial charge in [0.05, 0.1) is 7.11 Å². The molecule has 0 unspecified atom stereocenters. The van der Waals surface area contributed by atoms with Gasteiger partial charge in [0, 0.05) is 5.38 Å². The molecule has 0 amide bonds. The highest BCUT2D eigenvalue weighted by Crippen LogP contribution is 2.38. The lowest BCUT2D eigenvalue weighted by Crippen LogP contribution is -2.51. The number of ether oxygens (including phenoxy) is 2. The summed E-state index contributed by atoms with van der Waals surface area (Å²) in [5.74, 6) is -1.44. The molecule has 2 rings (SSSR count). The summed E-state index contributed by atoms with van der Waals surface area (Å²) in [4.78, 5) is 28.7.